The van der Waals surface area contributed by atoms with Gasteiger partial charge >= 0.3 is 5.97 Å². The molecule has 22 heavy (non-hydrogen) atoms. The van der Waals surface area contributed by atoms with E-state index in [2.05, 4.69) is 0 Å². The van der Waals surface area contributed by atoms with Crippen molar-refractivity contribution in [3.05, 3.63) is 71.4 Å². The normalized spacial score (nSPS) is 10.7. The van der Waals surface area contributed by atoms with Crippen molar-refractivity contribution in [2.45, 2.75) is 13.0 Å². The first-order valence-electron chi connectivity index (χ1n) is 7.00. The van der Waals surface area contributed by atoms with Crippen LogP contribution in [0.3, 0.4) is 0 Å². The Morgan fingerprint density at radius 2 is 1.86 bits per heavy atom. The predicted molar refractivity (Wildman–Crippen MR) is 84.2 cm³/mol. The fourth-order valence-corrected chi connectivity index (χ4v) is 2.66. The molecular formula is C18H15NO3. The zero-order valence-electron chi connectivity index (χ0n) is 11.9. The minimum absolute atomic E-state index is 0.0249. The van der Waals surface area contributed by atoms with Crippen molar-refractivity contribution in [3.63, 3.8) is 0 Å². The second-order valence-corrected chi connectivity index (χ2v) is 5.24. The van der Waals surface area contributed by atoms with Gasteiger partial charge in [-0.3, -0.25) is 9.59 Å². The van der Waals surface area contributed by atoms with Crippen LogP contribution < -0.4 is 0 Å². The third-order valence-electron chi connectivity index (χ3n) is 3.66. The summed E-state index contributed by atoms with van der Waals surface area (Å²) in [4.78, 5) is 22.1. The van der Waals surface area contributed by atoms with E-state index in [-0.39, 0.29) is 6.42 Å². The molecular weight excluding hydrogens is 278 g/mol. The number of carboxylic acids is 1. The van der Waals surface area contributed by atoms with Crippen LogP contribution in [0.5, 0.6) is 0 Å². The van der Waals surface area contributed by atoms with E-state index in [0.29, 0.717) is 12.1 Å². The van der Waals surface area contributed by atoms with Gasteiger partial charge < -0.3 is 9.67 Å². The van der Waals surface area contributed by atoms with E-state index in [1.165, 1.54) is 0 Å². The number of hydrogen-bond donors (Lipinski definition) is 1. The number of aldehydes is 1. The summed E-state index contributed by atoms with van der Waals surface area (Å²) >= 11 is 0. The van der Waals surface area contributed by atoms with Crippen LogP contribution in [-0.4, -0.2) is 21.9 Å². The molecule has 2 aromatic carbocycles. The maximum Gasteiger partial charge on any atom is 0.307 e. The maximum absolute atomic E-state index is 11.2. The number of fused-ring (bicyclic) bond motifs is 1. The van der Waals surface area contributed by atoms with E-state index in [9.17, 15) is 9.59 Å². The second kappa shape index (κ2) is 5.85. The van der Waals surface area contributed by atoms with Gasteiger partial charge in [-0.1, -0.05) is 42.5 Å². The SMILES string of the molecule is O=Cc1cn(Cc2ccccc2)c2cc(CC(=O)O)ccc12. The third-order valence-corrected chi connectivity index (χ3v) is 3.66. The predicted octanol–water partition coefficient (Wildman–Crippen LogP) is 3.13. The van der Waals surface area contributed by atoms with E-state index in [4.69, 9.17) is 5.11 Å². The number of hydrogen-bond acceptors (Lipinski definition) is 2. The molecule has 3 aromatic rings. The van der Waals surface area contributed by atoms with Gasteiger partial charge in [0.15, 0.2) is 6.29 Å². The number of aliphatic carboxylic acids is 1. The standard InChI is InChI=1S/C18H15NO3/c20-12-15-11-19(10-13-4-2-1-3-5-13)17-8-14(9-18(21)22)6-7-16(15)17/h1-8,11-12H,9-10H2,(H,21,22). The number of rotatable bonds is 5. The van der Waals surface area contributed by atoms with Crippen molar-refractivity contribution < 1.29 is 14.7 Å². The molecule has 3 rings (SSSR count). The molecule has 4 nitrogen and oxygen atoms in total. The molecule has 1 heterocycles. The van der Waals surface area contributed by atoms with Gasteiger partial charge in [0.25, 0.3) is 0 Å². The zero-order valence-corrected chi connectivity index (χ0v) is 11.9. The molecule has 4 heteroatoms. The number of aromatic nitrogens is 1. The first-order chi connectivity index (χ1) is 10.7. The lowest BCUT2D eigenvalue weighted by molar-refractivity contribution is -0.136. The summed E-state index contributed by atoms with van der Waals surface area (Å²) in [5.74, 6) is -0.865. The van der Waals surface area contributed by atoms with E-state index >= 15 is 0 Å². The van der Waals surface area contributed by atoms with Gasteiger partial charge in [0.1, 0.15) is 0 Å². The second-order valence-electron chi connectivity index (χ2n) is 5.24. The Morgan fingerprint density at radius 1 is 1.09 bits per heavy atom. The summed E-state index contributed by atoms with van der Waals surface area (Å²) < 4.78 is 1.99. The van der Waals surface area contributed by atoms with Crippen LogP contribution in [0.2, 0.25) is 0 Å². The minimum atomic E-state index is -0.865. The number of carbonyl (C=O) groups is 2. The molecule has 0 saturated heterocycles. The molecule has 0 aliphatic heterocycles. The van der Waals surface area contributed by atoms with E-state index < -0.39 is 5.97 Å². The Hall–Kier alpha value is -2.88. The van der Waals surface area contributed by atoms with Gasteiger partial charge in [0.05, 0.1) is 6.42 Å². The highest BCUT2D eigenvalue weighted by atomic mass is 16.4. The lowest BCUT2D eigenvalue weighted by Gasteiger charge is -2.06. The van der Waals surface area contributed by atoms with Crippen molar-refractivity contribution >= 4 is 23.2 Å². The molecule has 0 fully saturated rings. The summed E-state index contributed by atoms with van der Waals surface area (Å²) in [5.41, 5.74) is 3.35. The van der Waals surface area contributed by atoms with E-state index in [0.717, 1.165) is 28.3 Å². The molecule has 0 unspecified atom stereocenters. The van der Waals surface area contributed by atoms with Gasteiger partial charge in [-0.2, -0.15) is 0 Å². The first-order valence-corrected chi connectivity index (χ1v) is 7.00. The van der Waals surface area contributed by atoms with Crippen LogP contribution in [-0.2, 0) is 17.8 Å². The van der Waals surface area contributed by atoms with Crippen molar-refractivity contribution in [1.29, 1.82) is 0 Å². The molecule has 1 aromatic heterocycles. The van der Waals surface area contributed by atoms with Crippen LogP contribution in [0.1, 0.15) is 21.5 Å². The third kappa shape index (κ3) is 2.76. The summed E-state index contributed by atoms with van der Waals surface area (Å²) in [6, 6.07) is 15.4. The molecule has 0 spiro atoms. The van der Waals surface area contributed by atoms with Crippen molar-refractivity contribution in [1.82, 2.24) is 4.57 Å². The largest absolute Gasteiger partial charge is 0.481 e. The van der Waals surface area contributed by atoms with Crippen molar-refractivity contribution in [2.75, 3.05) is 0 Å². The molecule has 1 N–H and O–H groups in total. The van der Waals surface area contributed by atoms with Crippen molar-refractivity contribution in [2.24, 2.45) is 0 Å². The smallest absolute Gasteiger partial charge is 0.307 e. The number of carbonyl (C=O) groups excluding carboxylic acids is 1. The highest BCUT2D eigenvalue weighted by molar-refractivity contribution is 5.98. The van der Waals surface area contributed by atoms with Gasteiger partial charge in [-0.05, 0) is 17.2 Å². The van der Waals surface area contributed by atoms with E-state index in [1.807, 2.05) is 53.2 Å². The molecule has 0 radical (unpaired) electrons. The molecule has 0 aliphatic carbocycles. The minimum Gasteiger partial charge on any atom is -0.481 e. The van der Waals surface area contributed by atoms with E-state index in [1.54, 1.807) is 6.07 Å². The monoisotopic (exact) mass is 293 g/mol. The number of benzene rings is 2. The highest BCUT2D eigenvalue weighted by Crippen LogP contribution is 2.23. The molecule has 0 atom stereocenters. The van der Waals surface area contributed by atoms with Crippen LogP contribution >= 0.6 is 0 Å². The molecule has 0 bridgehead atoms. The van der Waals surface area contributed by atoms with Crippen LogP contribution in [0.25, 0.3) is 10.9 Å². The highest BCUT2D eigenvalue weighted by Gasteiger charge is 2.10. The van der Waals surface area contributed by atoms with Gasteiger partial charge in [-0.15, -0.1) is 0 Å². The van der Waals surface area contributed by atoms with Crippen LogP contribution in [0.15, 0.2) is 54.7 Å². The average molecular weight is 293 g/mol. The lowest BCUT2D eigenvalue weighted by Crippen LogP contribution is -2.01. The fourth-order valence-electron chi connectivity index (χ4n) is 2.66. The Balaban J connectivity index is 2.07. The fraction of sp³-hybridized carbons (Fsp3) is 0.111. The summed E-state index contributed by atoms with van der Waals surface area (Å²) in [5, 5.41) is 9.78. The summed E-state index contributed by atoms with van der Waals surface area (Å²) in [6.45, 7) is 0.641. The van der Waals surface area contributed by atoms with Crippen LogP contribution in [0.4, 0.5) is 0 Å². The maximum atomic E-state index is 11.2. The quantitative estimate of drug-likeness (QED) is 0.735. The zero-order chi connectivity index (χ0) is 15.5. The van der Waals surface area contributed by atoms with Crippen LogP contribution in [0, 0.1) is 0 Å². The molecule has 0 aliphatic rings. The van der Waals surface area contributed by atoms with Gasteiger partial charge in [-0.25, -0.2) is 0 Å². The number of nitrogens with zero attached hydrogens (tertiary/aromatic N) is 1. The average Bonchev–Trinajstić information content (AvgIpc) is 2.85. The Kier molecular flexibility index (Phi) is 3.74. The first kappa shape index (κ1) is 14.1. The lowest BCUT2D eigenvalue weighted by atomic mass is 10.1. The topological polar surface area (TPSA) is 59.3 Å². The van der Waals surface area contributed by atoms with Crippen molar-refractivity contribution in [3.8, 4) is 0 Å². The Labute approximate surface area is 127 Å². The summed E-state index contributed by atoms with van der Waals surface area (Å²) in [6.07, 6.45) is 2.62. The molecule has 110 valence electrons. The Morgan fingerprint density at radius 3 is 2.55 bits per heavy atom. The van der Waals surface area contributed by atoms with Gasteiger partial charge in [0, 0.05) is 29.2 Å². The number of carboxylic acid groups (broad SMARTS) is 1. The molecule has 0 saturated carbocycles. The van der Waals surface area contributed by atoms with Gasteiger partial charge in [0.2, 0.25) is 0 Å². The summed E-state index contributed by atoms with van der Waals surface area (Å²) in [7, 11) is 0. The Bertz CT molecular complexity index is 834. The molecule has 0 amide bonds.